The van der Waals surface area contributed by atoms with Gasteiger partial charge in [-0.05, 0) is 40.8 Å². The molecule has 0 aliphatic heterocycles. The van der Waals surface area contributed by atoms with E-state index < -0.39 is 5.97 Å². The van der Waals surface area contributed by atoms with E-state index in [1.807, 2.05) is 6.07 Å². The van der Waals surface area contributed by atoms with E-state index in [0.717, 1.165) is 8.96 Å². The Morgan fingerprint density at radius 2 is 2.33 bits per heavy atom. The SMILES string of the molecule is CC(=O)OCOc1c(I)cc(Cl)c2cccnc12. The second-order valence-corrected chi connectivity index (χ2v) is 5.04. The topological polar surface area (TPSA) is 48.4 Å². The minimum absolute atomic E-state index is 0.140. The Morgan fingerprint density at radius 3 is 3.06 bits per heavy atom. The summed E-state index contributed by atoms with van der Waals surface area (Å²) >= 11 is 8.23. The van der Waals surface area contributed by atoms with Crippen molar-refractivity contribution in [2.24, 2.45) is 0 Å². The number of pyridine rings is 1. The summed E-state index contributed by atoms with van der Waals surface area (Å²) in [6, 6.07) is 5.45. The molecule has 0 saturated heterocycles. The zero-order valence-corrected chi connectivity index (χ0v) is 12.4. The monoisotopic (exact) mass is 377 g/mol. The minimum atomic E-state index is -0.392. The highest BCUT2D eigenvalue weighted by Crippen LogP contribution is 2.34. The van der Waals surface area contributed by atoms with Gasteiger partial charge >= 0.3 is 5.97 Å². The molecule has 0 radical (unpaired) electrons. The van der Waals surface area contributed by atoms with Gasteiger partial charge in [-0.25, -0.2) is 0 Å². The number of nitrogens with zero attached hydrogens (tertiary/aromatic N) is 1. The number of carbonyl (C=O) groups excluding carboxylic acids is 1. The molecule has 0 unspecified atom stereocenters. The van der Waals surface area contributed by atoms with Crippen molar-refractivity contribution in [3.05, 3.63) is 33.0 Å². The lowest BCUT2D eigenvalue weighted by molar-refractivity contribution is -0.147. The van der Waals surface area contributed by atoms with Crippen molar-refractivity contribution in [2.75, 3.05) is 6.79 Å². The average Bonchev–Trinajstić information content (AvgIpc) is 2.33. The van der Waals surface area contributed by atoms with Crippen LogP contribution in [0.4, 0.5) is 0 Å². The molecule has 0 saturated carbocycles. The maximum atomic E-state index is 10.7. The van der Waals surface area contributed by atoms with Crippen LogP contribution in [0.3, 0.4) is 0 Å². The van der Waals surface area contributed by atoms with E-state index in [-0.39, 0.29) is 6.79 Å². The Kier molecular flexibility index (Phi) is 4.23. The number of benzene rings is 1. The molecule has 4 nitrogen and oxygen atoms in total. The lowest BCUT2D eigenvalue weighted by Gasteiger charge is -2.11. The molecule has 2 aromatic rings. The third-order valence-corrected chi connectivity index (χ3v) is 3.33. The summed E-state index contributed by atoms with van der Waals surface area (Å²) in [4.78, 5) is 14.9. The third kappa shape index (κ3) is 2.84. The molecule has 1 heterocycles. The maximum absolute atomic E-state index is 10.7. The van der Waals surface area contributed by atoms with Crippen LogP contribution in [-0.2, 0) is 9.53 Å². The first kappa shape index (κ1) is 13.4. The number of esters is 1. The van der Waals surface area contributed by atoms with Crippen LogP contribution in [-0.4, -0.2) is 17.7 Å². The molecule has 0 amide bonds. The highest BCUT2D eigenvalue weighted by molar-refractivity contribution is 14.1. The summed E-state index contributed by atoms with van der Waals surface area (Å²) in [5.74, 6) is 0.174. The number of halogens is 2. The van der Waals surface area contributed by atoms with Crippen LogP contribution < -0.4 is 4.74 Å². The molecular weight excluding hydrogens is 368 g/mol. The summed E-state index contributed by atoms with van der Waals surface area (Å²) in [7, 11) is 0. The number of rotatable bonds is 3. The van der Waals surface area contributed by atoms with Gasteiger partial charge in [0.2, 0.25) is 6.79 Å². The normalized spacial score (nSPS) is 10.4. The third-order valence-electron chi connectivity index (χ3n) is 2.22. The van der Waals surface area contributed by atoms with Gasteiger partial charge in [0.25, 0.3) is 0 Å². The molecule has 18 heavy (non-hydrogen) atoms. The van der Waals surface area contributed by atoms with Gasteiger partial charge < -0.3 is 9.47 Å². The molecule has 6 heteroatoms. The largest absolute Gasteiger partial charge is 0.454 e. The highest BCUT2D eigenvalue weighted by atomic mass is 127. The Bertz CT molecular complexity index is 603. The molecule has 0 aliphatic carbocycles. The molecule has 1 aromatic heterocycles. The Morgan fingerprint density at radius 1 is 1.56 bits per heavy atom. The summed E-state index contributed by atoms with van der Waals surface area (Å²) < 4.78 is 11.0. The van der Waals surface area contributed by atoms with Crippen molar-refractivity contribution >= 4 is 51.1 Å². The lowest BCUT2D eigenvalue weighted by Crippen LogP contribution is -2.08. The van der Waals surface area contributed by atoms with Crippen LogP contribution in [0.1, 0.15) is 6.92 Å². The summed E-state index contributed by atoms with van der Waals surface area (Å²) in [6.45, 7) is 1.19. The summed E-state index contributed by atoms with van der Waals surface area (Å²) in [5.41, 5.74) is 0.654. The number of hydrogen-bond donors (Lipinski definition) is 0. The Hall–Kier alpha value is -1.08. The van der Waals surface area contributed by atoms with E-state index in [0.29, 0.717) is 16.3 Å². The van der Waals surface area contributed by atoms with Crippen molar-refractivity contribution in [3.8, 4) is 5.75 Å². The van der Waals surface area contributed by atoms with E-state index >= 15 is 0 Å². The van der Waals surface area contributed by atoms with Crippen LogP contribution in [0, 0.1) is 3.57 Å². The molecule has 2 rings (SSSR count). The number of carbonyl (C=O) groups is 1. The predicted molar refractivity (Wildman–Crippen MR) is 76.7 cm³/mol. The van der Waals surface area contributed by atoms with Gasteiger partial charge in [-0.3, -0.25) is 9.78 Å². The molecule has 1 aromatic carbocycles. The second-order valence-electron chi connectivity index (χ2n) is 3.47. The van der Waals surface area contributed by atoms with E-state index in [4.69, 9.17) is 21.1 Å². The molecule has 0 atom stereocenters. The van der Waals surface area contributed by atoms with Gasteiger partial charge in [0.15, 0.2) is 5.75 Å². The average molecular weight is 378 g/mol. The summed E-state index contributed by atoms with van der Waals surface area (Å²) in [6.07, 6.45) is 1.66. The molecule has 0 fully saturated rings. The molecule has 0 spiro atoms. The van der Waals surface area contributed by atoms with Gasteiger partial charge in [0.05, 0.1) is 8.59 Å². The van der Waals surface area contributed by atoms with Crippen molar-refractivity contribution in [3.63, 3.8) is 0 Å². The first-order valence-corrected chi connectivity index (χ1v) is 6.54. The van der Waals surface area contributed by atoms with Gasteiger partial charge in [-0.15, -0.1) is 0 Å². The van der Waals surface area contributed by atoms with E-state index in [2.05, 4.69) is 27.6 Å². The molecule has 94 valence electrons. The van der Waals surface area contributed by atoms with Crippen LogP contribution in [0.15, 0.2) is 24.4 Å². The first-order valence-electron chi connectivity index (χ1n) is 5.08. The fraction of sp³-hybridized carbons (Fsp3) is 0.167. The number of ether oxygens (including phenoxy) is 2. The zero-order chi connectivity index (χ0) is 13.1. The Balaban J connectivity index is 2.39. The van der Waals surface area contributed by atoms with Crippen LogP contribution >= 0.6 is 34.2 Å². The predicted octanol–water partition coefficient (Wildman–Crippen LogP) is 3.39. The molecule has 0 bridgehead atoms. The molecule has 0 N–H and O–H groups in total. The minimum Gasteiger partial charge on any atom is -0.454 e. The standard InChI is InChI=1S/C12H9ClINO3/c1-7(16)17-6-18-12-10(14)5-9(13)8-3-2-4-15-11(8)12/h2-5H,6H2,1H3. The Labute approximate surface area is 122 Å². The number of hydrogen-bond acceptors (Lipinski definition) is 4. The summed E-state index contributed by atoms with van der Waals surface area (Å²) in [5, 5.41) is 1.42. The van der Waals surface area contributed by atoms with Crippen molar-refractivity contribution in [2.45, 2.75) is 6.92 Å². The van der Waals surface area contributed by atoms with E-state index in [1.165, 1.54) is 6.92 Å². The number of aromatic nitrogens is 1. The van der Waals surface area contributed by atoms with Crippen molar-refractivity contribution < 1.29 is 14.3 Å². The highest BCUT2D eigenvalue weighted by Gasteiger charge is 2.12. The van der Waals surface area contributed by atoms with Crippen molar-refractivity contribution in [1.82, 2.24) is 4.98 Å². The van der Waals surface area contributed by atoms with Crippen LogP contribution in [0.2, 0.25) is 5.02 Å². The fourth-order valence-corrected chi connectivity index (χ4v) is 2.62. The zero-order valence-electron chi connectivity index (χ0n) is 9.44. The first-order chi connectivity index (χ1) is 8.59. The van der Waals surface area contributed by atoms with Crippen LogP contribution in [0.25, 0.3) is 10.9 Å². The van der Waals surface area contributed by atoms with E-state index in [1.54, 1.807) is 18.3 Å². The quantitative estimate of drug-likeness (QED) is 0.467. The second kappa shape index (κ2) is 5.71. The molecular formula is C12H9ClINO3. The fourth-order valence-electron chi connectivity index (χ4n) is 1.46. The van der Waals surface area contributed by atoms with Gasteiger partial charge in [0, 0.05) is 18.5 Å². The number of fused-ring (bicyclic) bond motifs is 1. The molecule has 0 aliphatic rings. The van der Waals surface area contributed by atoms with Gasteiger partial charge in [0.1, 0.15) is 5.52 Å². The van der Waals surface area contributed by atoms with Crippen molar-refractivity contribution in [1.29, 1.82) is 0 Å². The van der Waals surface area contributed by atoms with Crippen LogP contribution in [0.5, 0.6) is 5.75 Å². The smallest absolute Gasteiger partial charge is 0.305 e. The van der Waals surface area contributed by atoms with Gasteiger partial charge in [-0.1, -0.05) is 11.6 Å². The van der Waals surface area contributed by atoms with E-state index in [9.17, 15) is 4.79 Å². The van der Waals surface area contributed by atoms with Gasteiger partial charge in [-0.2, -0.15) is 0 Å². The lowest BCUT2D eigenvalue weighted by atomic mass is 10.2. The maximum Gasteiger partial charge on any atom is 0.305 e.